The molecule has 0 radical (unpaired) electrons. The molecule has 0 amide bonds. The molecule has 0 bridgehead atoms. The van der Waals surface area contributed by atoms with Crippen molar-refractivity contribution in [3.8, 4) is 0 Å². The lowest BCUT2D eigenvalue weighted by atomic mass is 10.5. The highest BCUT2D eigenvalue weighted by Crippen LogP contribution is 2.22. The Hall–Kier alpha value is -2.11. The van der Waals surface area contributed by atoms with E-state index in [0.29, 0.717) is 4.88 Å². The van der Waals surface area contributed by atoms with Crippen molar-refractivity contribution in [3.05, 3.63) is 27.1 Å². The minimum Gasteiger partial charge on any atom is -0.463 e. The summed E-state index contributed by atoms with van der Waals surface area (Å²) in [5.74, 6) is -0.364. The van der Waals surface area contributed by atoms with E-state index in [2.05, 4.69) is 20.6 Å². The molecule has 0 saturated heterocycles. The van der Waals surface area contributed by atoms with Gasteiger partial charge in [-0.1, -0.05) is 11.3 Å². The summed E-state index contributed by atoms with van der Waals surface area (Å²) in [6.45, 7) is 1.87. The average Bonchev–Trinajstić information content (AvgIpc) is 2.91. The number of nitrogens with one attached hydrogen (secondary N) is 2. The zero-order chi connectivity index (χ0) is 16.4. The minimum absolute atomic E-state index is 0.0448. The Morgan fingerprint density at radius 2 is 2.32 bits per heavy atom. The molecule has 11 heteroatoms. The number of esters is 1. The second-order valence-corrected chi connectivity index (χ2v) is 5.20. The summed E-state index contributed by atoms with van der Waals surface area (Å²) in [5.41, 5.74) is 2.54. The van der Waals surface area contributed by atoms with E-state index in [9.17, 15) is 14.9 Å². The van der Waals surface area contributed by atoms with Crippen molar-refractivity contribution in [2.24, 2.45) is 5.10 Å². The molecule has 120 valence electrons. The second-order valence-electron chi connectivity index (χ2n) is 3.70. The van der Waals surface area contributed by atoms with E-state index in [-0.39, 0.29) is 36.0 Å². The first-order chi connectivity index (χ1) is 10.5. The van der Waals surface area contributed by atoms with Crippen LogP contribution in [0.15, 0.2) is 17.2 Å². The van der Waals surface area contributed by atoms with Crippen molar-refractivity contribution in [2.45, 2.75) is 6.92 Å². The van der Waals surface area contributed by atoms with Crippen molar-refractivity contribution in [1.82, 2.24) is 10.7 Å². The topological polar surface area (TPSA) is 115 Å². The van der Waals surface area contributed by atoms with Gasteiger partial charge in [0.25, 0.3) is 0 Å². The van der Waals surface area contributed by atoms with Crippen LogP contribution in [0.3, 0.4) is 0 Å². The summed E-state index contributed by atoms with van der Waals surface area (Å²) in [6.07, 6.45) is 1.42. The number of hydrazone groups is 1. The lowest BCUT2D eigenvalue weighted by Gasteiger charge is -2.07. The SMILES string of the molecule is CC(=O)OCCOCNC(=S)N/N=C/c1ccc([N+](=O)[O-])s1. The predicted molar refractivity (Wildman–Crippen MR) is 84.9 cm³/mol. The summed E-state index contributed by atoms with van der Waals surface area (Å²) >= 11 is 5.93. The third kappa shape index (κ3) is 7.61. The van der Waals surface area contributed by atoms with Gasteiger partial charge in [0.1, 0.15) is 13.3 Å². The van der Waals surface area contributed by atoms with E-state index < -0.39 is 4.92 Å². The molecule has 0 spiro atoms. The molecular weight excluding hydrogens is 332 g/mol. The van der Waals surface area contributed by atoms with Crippen molar-refractivity contribution in [3.63, 3.8) is 0 Å². The van der Waals surface area contributed by atoms with Crippen LogP contribution >= 0.6 is 23.6 Å². The van der Waals surface area contributed by atoms with Crippen molar-refractivity contribution in [1.29, 1.82) is 0 Å². The maximum absolute atomic E-state index is 10.5. The van der Waals surface area contributed by atoms with Crippen molar-refractivity contribution >= 4 is 45.9 Å². The van der Waals surface area contributed by atoms with E-state index in [1.54, 1.807) is 6.07 Å². The Balaban J connectivity index is 2.15. The van der Waals surface area contributed by atoms with Crippen molar-refractivity contribution < 1.29 is 19.2 Å². The molecule has 0 aliphatic rings. The number of rotatable bonds is 8. The number of thiocarbonyl (C=S) groups is 1. The molecule has 0 fully saturated rings. The molecule has 2 N–H and O–H groups in total. The smallest absolute Gasteiger partial charge is 0.324 e. The van der Waals surface area contributed by atoms with Crippen LogP contribution in [0.4, 0.5) is 5.00 Å². The Morgan fingerprint density at radius 1 is 1.55 bits per heavy atom. The summed E-state index contributed by atoms with van der Waals surface area (Å²) in [4.78, 5) is 21.2. The molecule has 0 unspecified atom stereocenters. The quantitative estimate of drug-likeness (QED) is 0.136. The van der Waals surface area contributed by atoms with Gasteiger partial charge in [-0.05, 0) is 18.3 Å². The minimum atomic E-state index is -0.464. The Labute approximate surface area is 135 Å². The molecule has 0 atom stereocenters. The zero-order valence-electron chi connectivity index (χ0n) is 11.6. The zero-order valence-corrected chi connectivity index (χ0v) is 13.2. The van der Waals surface area contributed by atoms with E-state index in [0.717, 1.165) is 11.3 Å². The summed E-state index contributed by atoms with van der Waals surface area (Å²) < 4.78 is 9.78. The van der Waals surface area contributed by atoms with Gasteiger partial charge in [0.05, 0.1) is 22.6 Å². The molecule has 0 aliphatic heterocycles. The summed E-state index contributed by atoms with van der Waals surface area (Å²) in [6, 6.07) is 2.99. The van der Waals surface area contributed by atoms with Gasteiger partial charge in [-0.3, -0.25) is 20.3 Å². The second kappa shape index (κ2) is 9.76. The number of nitrogens with zero attached hydrogens (tertiary/aromatic N) is 2. The van der Waals surface area contributed by atoms with Crippen LogP contribution in [0.2, 0.25) is 0 Å². The third-order valence-corrected chi connectivity index (χ3v) is 3.23. The van der Waals surface area contributed by atoms with Gasteiger partial charge in [0, 0.05) is 13.0 Å². The number of thiophene rings is 1. The predicted octanol–water partition coefficient (Wildman–Crippen LogP) is 0.992. The number of hydrogen-bond acceptors (Lipinski definition) is 8. The highest BCUT2D eigenvalue weighted by molar-refractivity contribution is 7.80. The van der Waals surface area contributed by atoms with Gasteiger partial charge in [-0.15, -0.1) is 0 Å². The maximum Gasteiger partial charge on any atom is 0.324 e. The Morgan fingerprint density at radius 3 is 2.95 bits per heavy atom. The largest absolute Gasteiger partial charge is 0.463 e. The third-order valence-electron chi connectivity index (χ3n) is 2.02. The average molecular weight is 346 g/mol. The summed E-state index contributed by atoms with van der Waals surface area (Å²) in [7, 11) is 0. The normalized spacial score (nSPS) is 10.4. The van der Waals surface area contributed by atoms with Gasteiger partial charge >= 0.3 is 11.0 Å². The van der Waals surface area contributed by atoms with Crippen LogP contribution < -0.4 is 10.7 Å². The molecule has 1 heterocycles. The first kappa shape index (κ1) is 17.9. The van der Waals surface area contributed by atoms with E-state index in [4.69, 9.17) is 17.0 Å². The van der Waals surface area contributed by atoms with Gasteiger partial charge in [0.2, 0.25) is 0 Å². The van der Waals surface area contributed by atoms with Crippen LogP contribution in [-0.2, 0) is 14.3 Å². The van der Waals surface area contributed by atoms with Crippen LogP contribution in [0.25, 0.3) is 0 Å². The van der Waals surface area contributed by atoms with Gasteiger partial charge < -0.3 is 14.8 Å². The van der Waals surface area contributed by atoms with E-state index in [1.807, 2.05) is 0 Å². The van der Waals surface area contributed by atoms with Crippen LogP contribution in [0, 0.1) is 10.1 Å². The highest BCUT2D eigenvalue weighted by Gasteiger charge is 2.07. The van der Waals surface area contributed by atoms with Gasteiger partial charge in [-0.25, -0.2) is 0 Å². The molecular formula is C11H14N4O5S2. The number of hydrogen-bond donors (Lipinski definition) is 2. The number of ether oxygens (including phenoxy) is 2. The number of nitro groups is 1. The Bertz CT molecular complexity index is 560. The van der Waals surface area contributed by atoms with Crippen LogP contribution in [0.1, 0.15) is 11.8 Å². The fourth-order valence-electron chi connectivity index (χ4n) is 1.14. The monoisotopic (exact) mass is 346 g/mol. The van der Waals surface area contributed by atoms with E-state index in [1.165, 1.54) is 19.2 Å². The number of carbonyl (C=O) groups excluding carboxylic acids is 1. The molecule has 22 heavy (non-hydrogen) atoms. The van der Waals surface area contributed by atoms with Gasteiger partial charge in [0.15, 0.2) is 5.11 Å². The lowest BCUT2D eigenvalue weighted by Crippen LogP contribution is -2.34. The molecule has 1 aromatic rings. The maximum atomic E-state index is 10.5. The first-order valence-corrected chi connectivity index (χ1v) is 7.23. The number of carbonyl (C=O) groups is 1. The Kier molecular flexibility index (Phi) is 7.96. The molecule has 1 rings (SSSR count). The standard InChI is InChI=1S/C11H14N4O5S2/c1-8(16)20-5-4-19-7-12-11(21)14-13-6-9-2-3-10(22-9)15(17)18/h2-3,6H,4-5,7H2,1H3,(H2,12,14,21)/b13-6+. The molecule has 1 aromatic heterocycles. The van der Waals surface area contributed by atoms with Crippen molar-refractivity contribution in [2.75, 3.05) is 19.9 Å². The molecule has 0 saturated carbocycles. The first-order valence-electron chi connectivity index (χ1n) is 6.01. The fourth-order valence-corrected chi connectivity index (χ4v) is 1.94. The highest BCUT2D eigenvalue weighted by atomic mass is 32.1. The fraction of sp³-hybridized carbons (Fsp3) is 0.364. The summed E-state index contributed by atoms with van der Waals surface area (Å²) in [5, 5.41) is 17.3. The lowest BCUT2D eigenvalue weighted by molar-refractivity contribution is -0.380. The van der Waals surface area contributed by atoms with Crippen LogP contribution in [0.5, 0.6) is 0 Å². The van der Waals surface area contributed by atoms with E-state index >= 15 is 0 Å². The molecule has 0 aromatic carbocycles. The molecule has 9 nitrogen and oxygen atoms in total. The van der Waals surface area contributed by atoms with Crippen LogP contribution in [-0.4, -0.2) is 42.2 Å². The van der Waals surface area contributed by atoms with Gasteiger partial charge in [-0.2, -0.15) is 5.10 Å². The molecule has 0 aliphatic carbocycles.